The lowest BCUT2D eigenvalue weighted by Crippen LogP contribution is -2.29. The van der Waals surface area contributed by atoms with E-state index in [0.717, 1.165) is 18.3 Å². The lowest BCUT2D eigenvalue weighted by Gasteiger charge is -2.29. The Labute approximate surface area is 132 Å². The lowest BCUT2D eigenvalue weighted by molar-refractivity contribution is 0.256. The van der Waals surface area contributed by atoms with Crippen LogP contribution < -0.4 is 5.32 Å². The highest BCUT2D eigenvalue weighted by molar-refractivity contribution is 9.10. The van der Waals surface area contributed by atoms with E-state index in [1.54, 1.807) is 0 Å². The third kappa shape index (κ3) is 4.60. The average Bonchev–Trinajstić information content (AvgIpc) is 2.48. The van der Waals surface area contributed by atoms with Crippen molar-refractivity contribution < 1.29 is 0 Å². The van der Waals surface area contributed by atoms with E-state index < -0.39 is 0 Å². The van der Waals surface area contributed by atoms with E-state index in [0.29, 0.717) is 6.04 Å². The molecule has 0 saturated heterocycles. The van der Waals surface area contributed by atoms with Crippen LogP contribution in [0.25, 0.3) is 0 Å². The summed E-state index contributed by atoms with van der Waals surface area (Å²) in [5.41, 5.74) is 1.41. The molecule has 1 nitrogen and oxygen atoms in total. The van der Waals surface area contributed by atoms with Crippen molar-refractivity contribution in [3.05, 3.63) is 34.3 Å². The quantitative estimate of drug-likeness (QED) is 0.701. The fourth-order valence-electron chi connectivity index (χ4n) is 3.37. The molecule has 1 atom stereocenters. The molecule has 1 aromatic carbocycles. The van der Waals surface area contributed by atoms with Gasteiger partial charge >= 0.3 is 0 Å². The van der Waals surface area contributed by atoms with Crippen molar-refractivity contribution >= 4 is 15.9 Å². The van der Waals surface area contributed by atoms with Crippen molar-refractivity contribution in [1.82, 2.24) is 5.32 Å². The average molecular weight is 338 g/mol. The Morgan fingerprint density at radius 1 is 1.15 bits per heavy atom. The number of benzene rings is 1. The maximum absolute atomic E-state index is 3.79. The Morgan fingerprint density at radius 3 is 2.45 bits per heavy atom. The largest absolute Gasteiger partial charge is 0.310 e. The second kappa shape index (κ2) is 8.19. The van der Waals surface area contributed by atoms with Gasteiger partial charge < -0.3 is 5.32 Å². The van der Waals surface area contributed by atoms with Crippen LogP contribution in [0.15, 0.2) is 28.7 Å². The molecule has 0 aromatic heterocycles. The molecule has 1 saturated carbocycles. The second-order valence-electron chi connectivity index (χ2n) is 6.22. The second-order valence-corrected chi connectivity index (χ2v) is 7.13. The van der Waals surface area contributed by atoms with Crippen molar-refractivity contribution in [1.29, 1.82) is 0 Å². The fourth-order valence-corrected chi connectivity index (χ4v) is 3.79. The van der Waals surface area contributed by atoms with E-state index >= 15 is 0 Å². The smallest absolute Gasteiger partial charge is 0.0318 e. The van der Waals surface area contributed by atoms with Crippen molar-refractivity contribution in [2.24, 2.45) is 11.8 Å². The summed E-state index contributed by atoms with van der Waals surface area (Å²) in [7, 11) is 0. The molecule has 0 radical (unpaired) electrons. The Kier molecular flexibility index (Phi) is 6.57. The molecule has 1 aliphatic carbocycles. The predicted octanol–water partition coefficient (Wildman–Crippen LogP) is 5.71. The van der Waals surface area contributed by atoms with Crippen LogP contribution in [0.1, 0.15) is 64.0 Å². The molecule has 0 heterocycles. The van der Waals surface area contributed by atoms with Gasteiger partial charge in [0, 0.05) is 10.5 Å². The van der Waals surface area contributed by atoms with Crippen LogP contribution >= 0.6 is 15.9 Å². The van der Waals surface area contributed by atoms with E-state index in [1.165, 1.54) is 48.7 Å². The number of hydrogen-bond acceptors (Lipinski definition) is 1. The van der Waals surface area contributed by atoms with Gasteiger partial charge in [0.25, 0.3) is 0 Å². The summed E-state index contributed by atoms with van der Waals surface area (Å²) in [6.07, 6.45) is 8.24. The highest BCUT2D eigenvalue weighted by Gasteiger charge is 2.20. The number of halogens is 1. The molecule has 1 N–H and O–H groups in total. The Bertz CT molecular complexity index is 396. The molecule has 1 aliphatic rings. The number of nitrogens with one attached hydrogen (secondary N) is 1. The van der Waals surface area contributed by atoms with E-state index in [4.69, 9.17) is 0 Å². The zero-order chi connectivity index (χ0) is 14.4. The van der Waals surface area contributed by atoms with Crippen molar-refractivity contribution in [2.45, 2.75) is 58.4 Å². The molecule has 0 bridgehead atoms. The van der Waals surface area contributed by atoms with Gasteiger partial charge in [-0.05, 0) is 55.3 Å². The van der Waals surface area contributed by atoms with Crippen LogP contribution in [0.2, 0.25) is 0 Å². The Balaban J connectivity index is 1.82. The van der Waals surface area contributed by atoms with Crippen LogP contribution in [-0.4, -0.2) is 6.54 Å². The molecule has 1 unspecified atom stereocenters. The summed E-state index contributed by atoms with van der Waals surface area (Å²) in [4.78, 5) is 0. The topological polar surface area (TPSA) is 12.0 Å². The standard InChI is InChI=1S/C18H28BrN/c1-3-14-8-10-15(11-9-14)13-20-18(4-2)16-6-5-7-17(19)12-16/h5-7,12,14-15,18,20H,3-4,8-11,13H2,1-2H3. The third-order valence-corrected chi connectivity index (χ3v) is 5.35. The summed E-state index contributed by atoms with van der Waals surface area (Å²) >= 11 is 3.57. The first-order valence-corrected chi connectivity index (χ1v) is 9.01. The van der Waals surface area contributed by atoms with Crippen molar-refractivity contribution in [3.63, 3.8) is 0 Å². The number of hydrogen-bond donors (Lipinski definition) is 1. The molecular weight excluding hydrogens is 310 g/mol. The van der Waals surface area contributed by atoms with Crippen LogP contribution in [0.5, 0.6) is 0 Å². The van der Waals surface area contributed by atoms with E-state index in [2.05, 4.69) is 59.4 Å². The normalized spacial score (nSPS) is 24.6. The van der Waals surface area contributed by atoms with Gasteiger partial charge in [0.15, 0.2) is 0 Å². The summed E-state index contributed by atoms with van der Waals surface area (Å²) in [6, 6.07) is 9.21. The molecule has 0 aliphatic heterocycles. The van der Waals surface area contributed by atoms with Gasteiger partial charge in [-0.2, -0.15) is 0 Å². The predicted molar refractivity (Wildman–Crippen MR) is 90.9 cm³/mol. The van der Waals surface area contributed by atoms with Crippen molar-refractivity contribution in [3.8, 4) is 0 Å². The van der Waals surface area contributed by atoms with Crippen LogP contribution in [-0.2, 0) is 0 Å². The molecule has 2 heteroatoms. The highest BCUT2D eigenvalue weighted by Crippen LogP contribution is 2.31. The van der Waals surface area contributed by atoms with Crippen LogP contribution in [0.3, 0.4) is 0 Å². The first kappa shape index (κ1) is 16.0. The summed E-state index contributed by atoms with van der Waals surface area (Å²) in [6.45, 7) is 5.79. The summed E-state index contributed by atoms with van der Waals surface area (Å²) in [5, 5.41) is 3.79. The van der Waals surface area contributed by atoms with Gasteiger partial charge in [-0.15, -0.1) is 0 Å². The van der Waals surface area contributed by atoms with Gasteiger partial charge in [-0.3, -0.25) is 0 Å². The van der Waals surface area contributed by atoms with Gasteiger partial charge in [-0.1, -0.05) is 61.2 Å². The minimum Gasteiger partial charge on any atom is -0.310 e. The SMILES string of the molecule is CCC1CCC(CNC(CC)c2cccc(Br)c2)CC1. The highest BCUT2D eigenvalue weighted by atomic mass is 79.9. The van der Waals surface area contributed by atoms with Crippen LogP contribution in [0.4, 0.5) is 0 Å². The molecule has 0 amide bonds. The van der Waals surface area contributed by atoms with Gasteiger partial charge in [0.2, 0.25) is 0 Å². The van der Waals surface area contributed by atoms with Gasteiger partial charge in [-0.25, -0.2) is 0 Å². The molecule has 1 aromatic rings. The minimum absolute atomic E-state index is 0.497. The molecule has 20 heavy (non-hydrogen) atoms. The summed E-state index contributed by atoms with van der Waals surface area (Å²) < 4.78 is 1.18. The first-order chi connectivity index (χ1) is 9.72. The lowest BCUT2D eigenvalue weighted by atomic mass is 9.81. The van der Waals surface area contributed by atoms with E-state index in [-0.39, 0.29) is 0 Å². The summed E-state index contributed by atoms with van der Waals surface area (Å²) in [5.74, 6) is 1.89. The van der Waals surface area contributed by atoms with Crippen molar-refractivity contribution in [2.75, 3.05) is 6.54 Å². The fraction of sp³-hybridized carbons (Fsp3) is 0.667. The minimum atomic E-state index is 0.497. The molecule has 2 rings (SSSR count). The van der Waals surface area contributed by atoms with Gasteiger partial charge in [0.05, 0.1) is 0 Å². The Morgan fingerprint density at radius 2 is 1.85 bits per heavy atom. The van der Waals surface area contributed by atoms with Crippen LogP contribution in [0, 0.1) is 11.8 Å². The molecule has 0 spiro atoms. The Hall–Kier alpha value is -0.340. The van der Waals surface area contributed by atoms with E-state index in [9.17, 15) is 0 Å². The number of rotatable bonds is 6. The maximum atomic E-state index is 3.79. The molecular formula is C18H28BrN. The van der Waals surface area contributed by atoms with E-state index in [1.807, 2.05) is 0 Å². The molecule has 112 valence electrons. The van der Waals surface area contributed by atoms with Gasteiger partial charge in [0.1, 0.15) is 0 Å². The maximum Gasteiger partial charge on any atom is 0.0318 e. The first-order valence-electron chi connectivity index (χ1n) is 8.21. The monoisotopic (exact) mass is 337 g/mol. The zero-order valence-corrected chi connectivity index (χ0v) is 14.5. The third-order valence-electron chi connectivity index (χ3n) is 4.86. The molecule has 1 fully saturated rings. The zero-order valence-electron chi connectivity index (χ0n) is 12.9.